The van der Waals surface area contributed by atoms with Gasteiger partial charge >= 0.3 is 0 Å². The molecular weight excluding hydrogens is 356 g/mol. The quantitative estimate of drug-likeness (QED) is 0.400. The van der Waals surface area contributed by atoms with Gasteiger partial charge in [-0.3, -0.25) is 9.89 Å². The molecule has 0 aromatic rings. The molecule has 0 saturated carbocycles. The van der Waals surface area contributed by atoms with Crippen LogP contribution in [0.15, 0.2) is 28.1 Å². The van der Waals surface area contributed by atoms with Crippen LogP contribution in [0.1, 0.15) is 26.7 Å². The third-order valence-electron chi connectivity index (χ3n) is 5.59. The lowest BCUT2D eigenvalue weighted by Crippen LogP contribution is -2.47. The van der Waals surface area contributed by atoms with Crippen LogP contribution in [0, 0.1) is 22.7 Å². The molecule has 0 spiro atoms. The molecule has 0 aromatic heterocycles. The molecule has 150 valence electrons. The van der Waals surface area contributed by atoms with Crippen molar-refractivity contribution < 1.29 is 4.74 Å². The Morgan fingerprint density at radius 3 is 2.56 bits per heavy atom. The molecule has 27 heavy (non-hydrogen) atoms. The predicted molar refractivity (Wildman–Crippen MR) is 115 cm³/mol. The van der Waals surface area contributed by atoms with E-state index in [1.54, 1.807) is 0 Å². The number of hydrogen-bond donors (Lipinski definition) is 0. The Labute approximate surface area is 169 Å². The topological polar surface area (TPSA) is 51.9 Å². The number of allylic oxidation sites excluding steroid dienone is 3. The van der Waals surface area contributed by atoms with Gasteiger partial charge in [-0.15, -0.1) is 11.8 Å². The van der Waals surface area contributed by atoms with Crippen LogP contribution in [-0.4, -0.2) is 74.9 Å². The van der Waals surface area contributed by atoms with Crippen LogP contribution in [0.3, 0.4) is 0 Å². The minimum atomic E-state index is -0.340. The summed E-state index contributed by atoms with van der Waals surface area (Å²) < 4.78 is 5.38. The van der Waals surface area contributed by atoms with Crippen LogP contribution in [0.2, 0.25) is 0 Å². The van der Waals surface area contributed by atoms with Gasteiger partial charge in [0.2, 0.25) is 0 Å². The van der Waals surface area contributed by atoms with E-state index in [-0.39, 0.29) is 5.41 Å². The standard InChI is InChI=1S/C21H34N4OS/c1-19(2)21(17-22,20-7-4-5-16-27-20)8-6-9-24-10-12-25(13-11-24)14-15-26-18-23-3/h4-5,7,19H,3,6,8-16,18H2,1-2H3. The maximum atomic E-state index is 10.0. The molecule has 1 atom stereocenters. The van der Waals surface area contributed by atoms with Gasteiger partial charge in [0.15, 0.2) is 0 Å². The smallest absolute Gasteiger partial charge is 0.136 e. The maximum absolute atomic E-state index is 10.0. The summed E-state index contributed by atoms with van der Waals surface area (Å²) >= 11 is 1.83. The second kappa shape index (κ2) is 11.7. The zero-order chi connectivity index (χ0) is 19.5. The van der Waals surface area contributed by atoms with E-state index in [1.165, 1.54) is 4.91 Å². The van der Waals surface area contributed by atoms with Gasteiger partial charge in [-0.25, -0.2) is 0 Å². The highest BCUT2D eigenvalue weighted by atomic mass is 32.2. The molecule has 2 aliphatic rings. The molecule has 1 fully saturated rings. The summed E-state index contributed by atoms with van der Waals surface area (Å²) in [6, 6.07) is 2.69. The molecule has 5 nitrogen and oxygen atoms in total. The van der Waals surface area contributed by atoms with Crippen molar-refractivity contribution in [1.29, 1.82) is 5.26 Å². The average molecular weight is 391 g/mol. The summed E-state index contributed by atoms with van der Waals surface area (Å²) in [7, 11) is 0. The minimum absolute atomic E-state index is 0.328. The Kier molecular flexibility index (Phi) is 9.57. The van der Waals surface area contributed by atoms with Crippen molar-refractivity contribution in [3.63, 3.8) is 0 Å². The number of hydrogen-bond acceptors (Lipinski definition) is 6. The van der Waals surface area contributed by atoms with E-state index in [4.69, 9.17) is 4.74 Å². The SMILES string of the molecule is C=NCOCCN1CCN(CCCC(C#N)(C2=CC=CCS2)C(C)C)CC1. The first-order chi connectivity index (χ1) is 13.1. The van der Waals surface area contributed by atoms with Gasteiger partial charge < -0.3 is 9.64 Å². The van der Waals surface area contributed by atoms with E-state index >= 15 is 0 Å². The van der Waals surface area contributed by atoms with E-state index in [1.807, 2.05) is 11.8 Å². The fourth-order valence-corrected chi connectivity index (χ4v) is 4.95. The monoisotopic (exact) mass is 390 g/mol. The van der Waals surface area contributed by atoms with Crippen molar-refractivity contribution in [3.8, 4) is 6.07 Å². The first kappa shape index (κ1) is 22.2. The van der Waals surface area contributed by atoms with Crippen LogP contribution in [-0.2, 0) is 4.74 Å². The molecule has 0 N–H and O–H groups in total. The van der Waals surface area contributed by atoms with Gasteiger partial charge in [-0.05, 0) is 32.0 Å². The van der Waals surface area contributed by atoms with Gasteiger partial charge in [0.1, 0.15) is 6.73 Å². The molecule has 0 radical (unpaired) electrons. The summed E-state index contributed by atoms with van der Waals surface area (Å²) in [6.45, 7) is 15.3. The number of rotatable bonds is 11. The van der Waals surface area contributed by atoms with Gasteiger partial charge in [-0.2, -0.15) is 5.26 Å². The minimum Gasteiger partial charge on any atom is -0.358 e. The summed E-state index contributed by atoms with van der Waals surface area (Å²) in [5.74, 6) is 1.31. The number of nitriles is 1. The normalized spacial score (nSPS) is 20.9. The maximum Gasteiger partial charge on any atom is 0.136 e. The van der Waals surface area contributed by atoms with Crippen molar-refractivity contribution in [2.75, 3.05) is 58.4 Å². The van der Waals surface area contributed by atoms with E-state index in [2.05, 4.69) is 59.7 Å². The Hall–Kier alpha value is -1.13. The number of ether oxygens (including phenoxy) is 1. The molecule has 2 rings (SSSR count). The van der Waals surface area contributed by atoms with Crippen molar-refractivity contribution >= 4 is 18.5 Å². The third-order valence-corrected chi connectivity index (χ3v) is 6.76. The summed E-state index contributed by atoms with van der Waals surface area (Å²) in [6.07, 6.45) is 8.43. The Bertz CT molecular complexity index is 561. The van der Waals surface area contributed by atoms with Crippen LogP contribution < -0.4 is 0 Å². The van der Waals surface area contributed by atoms with Crippen molar-refractivity contribution in [2.45, 2.75) is 26.7 Å². The first-order valence-electron chi connectivity index (χ1n) is 9.98. The van der Waals surface area contributed by atoms with Crippen LogP contribution in [0.4, 0.5) is 0 Å². The molecule has 2 aliphatic heterocycles. The highest BCUT2D eigenvalue weighted by molar-refractivity contribution is 8.03. The van der Waals surface area contributed by atoms with Gasteiger partial charge in [-0.1, -0.05) is 32.1 Å². The highest BCUT2D eigenvalue weighted by Crippen LogP contribution is 2.46. The van der Waals surface area contributed by atoms with Gasteiger partial charge in [0.25, 0.3) is 0 Å². The summed E-state index contributed by atoms with van der Waals surface area (Å²) in [4.78, 5) is 9.94. The van der Waals surface area contributed by atoms with Gasteiger partial charge in [0, 0.05) is 43.4 Å². The highest BCUT2D eigenvalue weighted by Gasteiger charge is 2.38. The second-order valence-corrected chi connectivity index (χ2v) is 8.62. The Morgan fingerprint density at radius 2 is 2.00 bits per heavy atom. The zero-order valence-electron chi connectivity index (χ0n) is 16.9. The third kappa shape index (κ3) is 6.46. The predicted octanol–water partition coefficient (Wildman–Crippen LogP) is 3.41. The number of thioether (sulfide) groups is 1. The summed E-state index contributed by atoms with van der Waals surface area (Å²) in [5, 5.41) is 10.0. The lowest BCUT2D eigenvalue weighted by Gasteiger charge is -2.37. The molecule has 0 aromatic carbocycles. The average Bonchev–Trinajstić information content (AvgIpc) is 2.70. The first-order valence-corrected chi connectivity index (χ1v) is 11.0. The van der Waals surface area contributed by atoms with E-state index in [0.29, 0.717) is 12.6 Å². The number of aliphatic imine (C=N–C) groups is 1. The largest absolute Gasteiger partial charge is 0.358 e. The lowest BCUT2D eigenvalue weighted by molar-refractivity contribution is 0.0776. The molecule has 1 unspecified atom stereocenters. The molecular formula is C21H34N4OS. The lowest BCUT2D eigenvalue weighted by atomic mass is 9.74. The molecule has 2 heterocycles. The van der Waals surface area contributed by atoms with Gasteiger partial charge in [0.05, 0.1) is 18.1 Å². The Balaban J connectivity index is 1.76. The molecule has 0 bridgehead atoms. The van der Waals surface area contributed by atoms with E-state index < -0.39 is 0 Å². The van der Waals surface area contributed by atoms with Crippen LogP contribution in [0.5, 0.6) is 0 Å². The molecule has 1 saturated heterocycles. The molecule has 0 aliphatic carbocycles. The summed E-state index contributed by atoms with van der Waals surface area (Å²) in [5.41, 5.74) is -0.340. The van der Waals surface area contributed by atoms with Crippen molar-refractivity contribution in [2.24, 2.45) is 16.3 Å². The fraction of sp³-hybridized carbons (Fsp3) is 0.714. The van der Waals surface area contributed by atoms with E-state index in [9.17, 15) is 5.26 Å². The molecule has 6 heteroatoms. The van der Waals surface area contributed by atoms with Crippen molar-refractivity contribution in [1.82, 2.24) is 9.80 Å². The molecule has 0 amide bonds. The second-order valence-electron chi connectivity index (χ2n) is 7.56. The number of nitrogens with zero attached hydrogens (tertiary/aromatic N) is 4. The Morgan fingerprint density at radius 1 is 1.30 bits per heavy atom. The van der Waals surface area contributed by atoms with Crippen LogP contribution in [0.25, 0.3) is 0 Å². The fourth-order valence-electron chi connectivity index (χ4n) is 3.75. The van der Waals surface area contributed by atoms with E-state index in [0.717, 1.165) is 64.5 Å². The number of piperazine rings is 1. The zero-order valence-corrected chi connectivity index (χ0v) is 17.7. The van der Waals surface area contributed by atoms with Crippen LogP contribution >= 0.6 is 11.8 Å². The van der Waals surface area contributed by atoms with Crippen molar-refractivity contribution in [3.05, 3.63) is 23.1 Å².